The molecule has 0 aliphatic carbocycles. The quantitative estimate of drug-likeness (QED) is 0.498. The minimum absolute atomic E-state index is 0.0358. The number of rotatable bonds is 4. The van der Waals surface area contributed by atoms with Gasteiger partial charge in [-0.1, -0.05) is 0 Å². The van der Waals surface area contributed by atoms with Crippen molar-refractivity contribution in [2.45, 2.75) is 18.6 Å². The number of anilines is 2. The van der Waals surface area contributed by atoms with Crippen molar-refractivity contribution in [2.24, 2.45) is 5.73 Å². The third kappa shape index (κ3) is 5.65. The molecule has 3 aliphatic rings. The number of ether oxygens (including phenoxy) is 2. The SMILES string of the molecule is COC(=S)NC[C@H]1CN(c2cc(F)c(N3CCNN(C(=O)N4CC[C@H](N)C4)CC3)c(F)c2)C(=O)O1. The molecule has 2 atom stereocenters. The molecular formula is C21H29F2N7O4S. The maximum Gasteiger partial charge on any atom is 0.414 e. The summed E-state index contributed by atoms with van der Waals surface area (Å²) in [4.78, 5) is 29.4. The highest BCUT2D eigenvalue weighted by Crippen LogP contribution is 2.31. The highest BCUT2D eigenvalue weighted by atomic mass is 32.1. The lowest BCUT2D eigenvalue weighted by Crippen LogP contribution is -2.50. The third-order valence-electron chi connectivity index (χ3n) is 6.17. The first-order valence-electron chi connectivity index (χ1n) is 11.4. The van der Waals surface area contributed by atoms with Gasteiger partial charge in [0.25, 0.3) is 5.17 Å². The normalized spacial score (nSPS) is 22.8. The number of carbonyl (C=O) groups is 2. The van der Waals surface area contributed by atoms with Gasteiger partial charge in [-0.3, -0.25) is 9.91 Å². The van der Waals surface area contributed by atoms with Gasteiger partial charge in [-0.05, 0) is 18.6 Å². The minimum atomic E-state index is -0.805. The zero-order valence-electron chi connectivity index (χ0n) is 19.3. The molecule has 4 rings (SSSR count). The number of thiocarbonyl (C=S) groups is 1. The highest BCUT2D eigenvalue weighted by Gasteiger charge is 2.34. The summed E-state index contributed by atoms with van der Waals surface area (Å²) in [6, 6.07) is 2.00. The van der Waals surface area contributed by atoms with Gasteiger partial charge in [0.2, 0.25) is 0 Å². The van der Waals surface area contributed by atoms with Crippen LogP contribution < -0.4 is 26.3 Å². The van der Waals surface area contributed by atoms with E-state index in [-0.39, 0.29) is 61.3 Å². The van der Waals surface area contributed by atoms with E-state index < -0.39 is 23.8 Å². The molecule has 0 bridgehead atoms. The summed E-state index contributed by atoms with van der Waals surface area (Å²) in [5, 5.41) is 4.40. The smallest absolute Gasteiger partial charge is 0.414 e. The van der Waals surface area contributed by atoms with E-state index in [1.165, 1.54) is 17.0 Å². The molecule has 192 valence electrons. The predicted molar refractivity (Wildman–Crippen MR) is 128 cm³/mol. The number of nitrogens with zero attached hydrogens (tertiary/aromatic N) is 4. The van der Waals surface area contributed by atoms with Crippen LogP contribution in [0.1, 0.15) is 6.42 Å². The van der Waals surface area contributed by atoms with Crippen LogP contribution in [-0.4, -0.2) is 98.8 Å². The first-order valence-corrected chi connectivity index (χ1v) is 11.8. The Kier molecular flexibility index (Phi) is 7.72. The van der Waals surface area contributed by atoms with Gasteiger partial charge in [-0.15, -0.1) is 0 Å². The Morgan fingerprint density at radius 2 is 2.00 bits per heavy atom. The van der Waals surface area contributed by atoms with Crippen molar-refractivity contribution in [1.82, 2.24) is 20.7 Å². The first kappa shape index (κ1) is 25.1. The second kappa shape index (κ2) is 10.7. The molecule has 3 aliphatic heterocycles. The molecule has 0 unspecified atom stereocenters. The van der Waals surface area contributed by atoms with Crippen LogP contribution in [0.15, 0.2) is 12.1 Å². The van der Waals surface area contributed by atoms with E-state index in [1.807, 2.05) is 0 Å². The zero-order chi connectivity index (χ0) is 25.1. The number of nitrogens with one attached hydrogen (secondary N) is 2. The Morgan fingerprint density at radius 3 is 2.66 bits per heavy atom. The van der Waals surface area contributed by atoms with Gasteiger partial charge in [0.15, 0.2) is 11.6 Å². The van der Waals surface area contributed by atoms with Gasteiger partial charge in [-0.2, -0.15) is 0 Å². The minimum Gasteiger partial charge on any atom is -0.474 e. The lowest BCUT2D eigenvalue weighted by Gasteiger charge is -2.27. The highest BCUT2D eigenvalue weighted by molar-refractivity contribution is 7.80. The number of amides is 3. The van der Waals surface area contributed by atoms with Crippen LogP contribution in [0.25, 0.3) is 0 Å². The van der Waals surface area contributed by atoms with Crippen molar-refractivity contribution >= 4 is 40.9 Å². The number of methoxy groups -OCH3 is 1. The molecule has 3 heterocycles. The molecule has 35 heavy (non-hydrogen) atoms. The summed E-state index contributed by atoms with van der Waals surface area (Å²) in [6.07, 6.45) is -0.523. The Bertz CT molecular complexity index is 964. The Morgan fingerprint density at radius 1 is 1.26 bits per heavy atom. The number of halogens is 2. The van der Waals surface area contributed by atoms with E-state index in [4.69, 9.17) is 27.4 Å². The molecule has 3 saturated heterocycles. The average molecular weight is 514 g/mol. The Balaban J connectivity index is 1.41. The summed E-state index contributed by atoms with van der Waals surface area (Å²) in [6.45, 7) is 2.45. The molecule has 11 nitrogen and oxygen atoms in total. The number of hydrogen-bond donors (Lipinski definition) is 3. The zero-order valence-corrected chi connectivity index (χ0v) is 20.2. The van der Waals surface area contributed by atoms with E-state index in [1.54, 1.807) is 9.80 Å². The number of nitrogens with two attached hydrogens (primary N) is 1. The van der Waals surface area contributed by atoms with Crippen LogP contribution in [0.2, 0.25) is 0 Å². The monoisotopic (exact) mass is 513 g/mol. The van der Waals surface area contributed by atoms with Crippen LogP contribution in [0.3, 0.4) is 0 Å². The topological polar surface area (TPSA) is 116 Å². The molecule has 0 radical (unpaired) electrons. The Labute approximate surface area is 207 Å². The molecule has 0 aromatic heterocycles. The number of likely N-dealkylation sites (tertiary alicyclic amines) is 1. The third-order valence-corrected chi connectivity index (χ3v) is 6.48. The maximum atomic E-state index is 15.1. The average Bonchev–Trinajstić information content (AvgIpc) is 3.34. The maximum absolute atomic E-state index is 15.1. The second-order valence-corrected chi connectivity index (χ2v) is 8.94. The van der Waals surface area contributed by atoms with Crippen molar-refractivity contribution in [3.05, 3.63) is 23.8 Å². The van der Waals surface area contributed by atoms with Crippen LogP contribution in [0.5, 0.6) is 0 Å². The number of hydrazine groups is 1. The van der Waals surface area contributed by atoms with Gasteiger partial charge >= 0.3 is 12.1 Å². The number of urea groups is 1. The molecule has 4 N–H and O–H groups in total. The Hall–Kier alpha value is -2.97. The number of hydrogen-bond acceptors (Lipinski definition) is 8. The predicted octanol–water partition coefficient (Wildman–Crippen LogP) is 0.591. The van der Waals surface area contributed by atoms with Crippen LogP contribution in [-0.2, 0) is 9.47 Å². The second-order valence-electron chi connectivity index (χ2n) is 8.57. The van der Waals surface area contributed by atoms with Gasteiger partial charge in [0.1, 0.15) is 11.8 Å². The standard InChI is InChI=1S/C21H29F2N7O4S/c1-33-19(35)25-10-15-12-29(21(32)34-15)14-8-16(22)18(17(23)9-14)27-5-3-26-30(7-6-27)20(31)28-4-2-13(24)11-28/h8-9,13,15,26H,2-7,10-12,24H2,1H3,(H,25,35)/t13-,15-/m0/s1. The summed E-state index contributed by atoms with van der Waals surface area (Å²) in [5.41, 5.74) is 8.77. The van der Waals surface area contributed by atoms with Crippen molar-refractivity contribution in [3.8, 4) is 0 Å². The van der Waals surface area contributed by atoms with E-state index in [2.05, 4.69) is 10.7 Å². The van der Waals surface area contributed by atoms with Crippen molar-refractivity contribution in [2.75, 3.05) is 69.3 Å². The lowest BCUT2D eigenvalue weighted by atomic mass is 10.2. The fourth-order valence-corrected chi connectivity index (χ4v) is 4.45. The molecule has 1 aromatic rings. The largest absolute Gasteiger partial charge is 0.474 e. The first-order chi connectivity index (χ1) is 16.8. The molecular weight excluding hydrogens is 484 g/mol. The summed E-state index contributed by atoms with van der Waals surface area (Å²) < 4.78 is 40.3. The molecule has 3 fully saturated rings. The van der Waals surface area contributed by atoms with E-state index in [0.29, 0.717) is 19.6 Å². The summed E-state index contributed by atoms with van der Waals surface area (Å²) in [5.74, 6) is -1.61. The van der Waals surface area contributed by atoms with E-state index in [0.717, 1.165) is 18.6 Å². The van der Waals surface area contributed by atoms with Crippen molar-refractivity contribution in [1.29, 1.82) is 0 Å². The molecule has 0 spiro atoms. The number of benzene rings is 1. The van der Waals surface area contributed by atoms with Crippen LogP contribution in [0.4, 0.5) is 29.7 Å². The lowest BCUT2D eigenvalue weighted by molar-refractivity contribution is 0.141. The van der Waals surface area contributed by atoms with Gasteiger partial charge in [0.05, 0.1) is 32.4 Å². The summed E-state index contributed by atoms with van der Waals surface area (Å²) >= 11 is 4.89. The summed E-state index contributed by atoms with van der Waals surface area (Å²) in [7, 11) is 1.41. The van der Waals surface area contributed by atoms with E-state index in [9.17, 15) is 9.59 Å². The molecule has 14 heteroatoms. The molecule has 0 saturated carbocycles. The number of cyclic esters (lactones) is 1. The van der Waals surface area contributed by atoms with E-state index >= 15 is 8.78 Å². The number of carbonyl (C=O) groups excluding carboxylic acids is 2. The van der Waals surface area contributed by atoms with Crippen LogP contribution >= 0.6 is 12.2 Å². The van der Waals surface area contributed by atoms with Crippen molar-refractivity contribution < 1.29 is 27.8 Å². The van der Waals surface area contributed by atoms with Gasteiger partial charge in [0, 0.05) is 50.9 Å². The fourth-order valence-electron chi connectivity index (χ4n) is 4.37. The van der Waals surface area contributed by atoms with Gasteiger partial charge < -0.3 is 30.3 Å². The van der Waals surface area contributed by atoms with Gasteiger partial charge in [-0.25, -0.2) is 23.8 Å². The molecule has 3 amide bonds. The van der Waals surface area contributed by atoms with Crippen LogP contribution in [0, 0.1) is 11.6 Å². The van der Waals surface area contributed by atoms with Crippen molar-refractivity contribution in [3.63, 3.8) is 0 Å². The fraction of sp³-hybridized carbons (Fsp3) is 0.571. The molecule has 1 aromatic carbocycles.